The molecule has 0 aromatic rings. The van der Waals surface area contributed by atoms with Crippen molar-refractivity contribution in [3.8, 4) is 0 Å². The van der Waals surface area contributed by atoms with Crippen LogP contribution in [0.1, 0.15) is 51.4 Å². The van der Waals surface area contributed by atoms with Crippen LogP contribution >= 0.6 is 0 Å². The van der Waals surface area contributed by atoms with Gasteiger partial charge in [0.25, 0.3) is 0 Å². The van der Waals surface area contributed by atoms with Crippen LogP contribution in [0.3, 0.4) is 0 Å². The van der Waals surface area contributed by atoms with E-state index in [0.717, 1.165) is 45.3 Å². The first-order valence-electron chi connectivity index (χ1n) is 6.31. The lowest BCUT2D eigenvalue weighted by atomic mass is 9.92. The zero-order valence-corrected chi connectivity index (χ0v) is 9.30. The third-order valence-electron chi connectivity index (χ3n) is 3.87. The molecule has 15 heavy (non-hydrogen) atoms. The van der Waals surface area contributed by atoms with E-state index >= 15 is 0 Å². The van der Waals surface area contributed by atoms with Crippen LogP contribution in [0.15, 0.2) is 0 Å². The first-order valence-corrected chi connectivity index (χ1v) is 6.31. The summed E-state index contributed by atoms with van der Waals surface area (Å²) >= 11 is 0. The fraction of sp³-hybridized carbons (Fsp3) is 1.00. The van der Waals surface area contributed by atoms with Gasteiger partial charge in [0.1, 0.15) is 0 Å². The van der Waals surface area contributed by atoms with Crippen LogP contribution in [0.5, 0.6) is 0 Å². The first kappa shape index (κ1) is 10.1. The molecule has 3 saturated heterocycles. The monoisotopic (exact) mass is 212 g/mol. The van der Waals surface area contributed by atoms with Crippen LogP contribution in [0.25, 0.3) is 0 Å². The molecule has 0 saturated carbocycles. The average Bonchev–Trinajstić information content (AvgIpc) is 2.67. The van der Waals surface area contributed by atoms with E-state index in [0.29, 0.717) is 0 Å². The van der Waals surface area contributed by atoms with E-state index in [9.17, 15) is 0 Å². The highest BCUT2D eigenvalue weighted by Crippen LogP contribution is 2.45. The first-order chi connectivity index (χ1) is 7.33. The molecule has 0 aliphatic carbocycles. The van der Waals surface area contributed by atoms with Gasteiger partial charge in [0, 0.05) is 25.7 Å². The zero-order valence-electron chi connectivity index (χ0n) is 9.30. The predicted molar refractivity (Wildman–Crippen MR) is 55.4 cm³/mol. The van der Waals surface area contributed by atoms with Gasteiger partial charge in [0.15, 0.2) is 11.6 Å². The fourth-order valence-corrected chi connectivity index (χ4v) is 3.12. The van der Waals surface area contributed by atoms with E-state index in [1.807, 2.05) is 0 Å². The number of rotatable bonds is 0. The van der Waals surface area contributed by atoms with E-state index < -0.39 is 0 Å². The Kier molecular flexibility index (Phi) is 2.49. The third-order valence-corrected chi connectivity index (χ3v) is 3.87. The molecule has 86 valence electrons. The summed E-state index contributed by atoms with van der Waals surface area (Å²) in [6.45, 7) is 1.71. The lowest BCUT2D eigenvalue weighted by Gasteiger charge is -2.47. The Labute approximate surface area is 91.1 Å². The highest BCUT2D eigenvalue weighted by Gasteiger charge is 2.49. The number of ether oxygens (including phenoxy) is 3. The topological polar surface area (TPSA) is 27.7 Å². The van der Waals surface area contributed by atoms with Crippen molar-refractivity contribution in [3.63, 3.8) is 0 Å². The van der Waals surface area contributed by atoms with Crippen LogP contribution in [-0.4, -0.2) is 24.8 Å². The number of hydrogen-bond acceptors (Lipinski definition) is 3. The van der Waals surface area contributed by atoms with Gasteiger partial charge in [0.2, 0.25) is 0 Å². The van der Waals surface area contributed by atoms with E-state index in [1.54, 1.807) is 0 Å². The molecule has 3 aliphatic heterocycles. The molecule has 3 nitrogen and oxygen atoms in total. The van der Waals surface area contributed by atoms with Crippen LogP contribution in [0.2, 0.25) is 0 Å². The van der Waals surface area contributed by atoms with Gasteiger partial charge in [-0.3, -0.25) is 0 Å². The van der Waals surface area contributed by atoms with Gasteiger partial charge in [-0.05, 0) is 25.7 Å². The quantitative estimate of drug-likeness (QED) is 0.617. The van der Waals surface area contributed by atoms with Crippen molar-refractivity contribution in [1.82, 2.24) is 0 Å². The molecule has 2 atom stereocenters. The summed E-state index contributed by atoms with van der Waals surface area (Å²) in [6.07, 6.45) is 8.94. The molecule has 0 bridgehead atoms. The lowest BCUT2D eigenvalue weighted by Crippen LogP contribution is -2.51. The summed E-state index contributed by atoms with van der Waals surface area (Å²) in [4.78, 5) is 0. The minimum Gasteiger partial charge on any atom is -0.350 e. The number of hydrogen-bond donors (Lipinski definition) is 0. The molecule has 0 aromatic carbocycles. The Balaban J connectivity index is 1.74. The smallest absolute Gasteiger partial charge is 0.171 e. The fourth-order valence-electron chi connectivity index (χ4n) is 3.12. The maximum Gasteiger partial charge on any atom is 0.171 e. The molecule has 3 aliphatic rings. The van der Waals surface area contributed by atoms with E-state index in [-0.39, 0.29) is 11.6 Å². The Morgan fingerprint density at radius 3 is 1.73 bits per heavy atom. The van der Waals surface area contributed by atoms with Crippen molar-refractivity contribution >= 4 is 0 Å². The normalized spacial score (nSPS) is 46.4. The van der Waals surface area contributed by atoms with Gasteiger partial charge in [-0.2, -0.15) is 0 Å². The maximum absolute atomic E-state index is 6.22. The molecule has 2 unspecified atom stereocenters. The third kappa shape index (κ3) is 1.81. The van der Waals surface area contributed by atoms with Crippen molar-refractivity contribution < 1.29 is 14.2 Å². The molecule has 0 N–H and O–H groups in total. The molecule has 0 radical (unpaired) electrons. The van der Waals surface area contributed by atoms with Gasteiger partial charge < -0.3 is 14.2 Å². The molecule has 3 rings (SSSR count). The second-order valence-electron chi connectivity index (χ2n) is 5.03. The summed E-state index contributed by atoms with van der Waals surface area (Å²) in [5, 5.41) is 0. The lowest BCUT2D eigenvalue weighted by molar-refractivity contribution is -0.378. The minimum atomic E-state index is -0.291. The van der Waals surface area contributed by atoms with E-state index in [2.05, 4.69) is 0 Å². The van der Waals surface area contributed by atoms with Crippen molar-refractivity contribution in [1.29, 1.82) is 0 Å². The summed E-state index contributed by atoms with van der Waals surface area (Å²) in [7, 11) is 0. The molecule has 0 aromatic heterocycles. The molecule has 3 heterocycles. The summed E-state index contributed by atoms with van der Waals surface area (Å²) in [6, 6.07) is 0. The molecule has 3 fully saturated rings. The van der Waals surface area contributed by atoms with Gasteiger partial charge in [0.05, 0.1) is 13.2 Å². The van der Waals surface area contributed by atoms with Crippen LogP contribution in [0.4, 0.5) is 0 Å². The summed E-state index contributed by atoms with van der Waals surface area (Å²) in [5.41, 5.74) is 0. The van der Waals surface area contributed by atoms with Crippen molar-refractivity contribution in [2.45, 2.75) is 62.9 Å². The largest absolute Gasteiger partial charge is 0.350 e. The Hall–Kier alpha value is -0.120. The van der Waals surface area contributed by atoms with Gasteiger partial charge in [-0.1, -0.05) is 0 Å². The van der Waals surface area contributed by atoms with Crippen LogP contribution in [-0.2, 0) is 14.2 Å². The highest BCUT2D eigenvalue weighted by molar-refractivity contribution is 4.87. The van der Waals surface area contributed by atoms with Crippen molar-refractivity contribution in [2.75, 3.05) is 13.2 Å². The minimum absolute atomic E-state index is 0.282. The second-order valence-corrected chi connectivity index (χ2v) is 5.03. The predicted octanol–water partition coefficient (Wildman–Crippen LogP) is 2.59. The standard InChI is InChI=1S/C12H20O3/c1-2-9-13-11(5-1)6-3-7-12(15-11)8-4-10-14-12/h1-10H2. The van der Waals surface area contributed by atoms with Crippen molar-refractivity contribution in [2.24, 2.45) is 0 Å². The average molecular weight is 212 g/mol. The summed E-state index contributed by atoms with van der Waals surface area (Å²) in [5.74, 6) is -0.573. The van der Waals surface area contributed by atoms with E-state index in [4.69, 9.17) is 14.2 Å². The van der Waals surface area contributed by atoms with Gasteiger partial charge in [-0.15, -0.1) is 0 Å². The van der Waals surface area contributed by atoms with Gasteiger partial charge >= 0.3 is 0 Å². The van der Waals surface area contributed by atoms with Crippen molar-refractivity contribution in [3.05, 3.63) is 0 Å². The van der Waals surface area contributed by atoms with E-state index in [1.165, 1.54) is 19.3 Å². The summed E-state index contributed by atoms with van der Waals surface area (Å²) < 4.78 is 17.9. The molecule has 3 heteroatoms. The highest BCUT2D eigenvalue weighted by atomic mass is 16.8. The molecular formula is C12H20O3. The molecule has 2 spiro atoms. The Bertz CT molecular complexity index is 222. The SMILES string of the molecule is C1CCC2(CCCC3(CCCO3)O2)OC1. The van der Waals surface area contributed by atoms with Gasteiger partial charge in [-0.25, -0.2) is 0 Å². The second kappa shape index (κ2) is 3.72. The van der Waals surface area contributed by atoms with Crippen LogP contribution < -0.4 is 0 Å². The maximum atomic E-state index is 6.22. The zero-order chi connectivity index (χ0) is 10.2. The Morgan fingerprint density at radius 2 is 1.20 bits per heavy atom. The molecular weight excluding hydrogens is 192 g/mol. The Morgan fingerprint density at radius 1 is 0.600 bits per heavy atom. The van der Waals surface area contributed by atoms with Crippen LogP contribution in [0, 0.1) is 0 Å². The molecule has 0 amide bonds.